The number of carbonyl (C=O) groups is 4. The van der Waals surface area contributed by atoms with Gasteiger partial charge in [0, 0.05) is 12.0 Å². The Morgan fingerprint density at radius 2 is 1.77 bits per heavy atom. The second-order valence-corrected chi connectivity index (χ2v) is 6.44. The molecule has 8 heteroatoms. The normalized spacial score (nSPS) is 10.2. The van der Waals surface area contributed by atoms with Gasteiger partial charge in [-0.25, -0.2) is 0 Å². The van der Waals surface area contributed by atoms with Crippen molar-refractivity contribution in [2.75, 3.05) is 11.9 Å². The second kappa shape index (κ2) is 8.91. The zero-order chi connectivity index (χ0) is 19.1. The van der Waals surface area contributed by atoms with Crippen molar-refractivity contribution < 1.29 is 23.9 Å². The number of hydrogen-bond donors (Lipinski definition) is 2. The van der Waals surface area contributed by atoms with Crippen molar-refractivity contribution in [3.05, 3.63) is 52.4 Å². The number of amides is 2. The molecule has 2 aromatic rings. The smallest absolute Gasteiger partial charge is 0.306 e. The van der Waals surface area contributed by atoms with E-state index in [0.717, 1.165) is 16.9 Å². The highest BCUT2D eigenvalue weighted by Gasteiger charge is 2.15. The fraction of sp³-hybridized carbons (Fsp3) is 0.222. The molecule has 2 rings (SSSR count). The van der Waals surface area contributed by atoms with Crippen LogP contribution in [0.1, 0.15) is 39.1 Å². The summed E-state index contributed by atoms with van der Waals surface area (Å²) in [6, 6.07) is 8.54. The largest absolute Gasteiger partial charge is 0.456 e. The lowest BCUT2D eigenvalue weighted by atomic mass is 10.1. The Labute approximate surface area is 154 Å². The summed E-state index contributed by atoms with van der Waals surface area (Å²) in [5.41, 5.74) is 6.94. The maximum absolute atomic E-state index is 12.0. The second-order valence-electron chi connectivity index (χ2n) is 5.53. The minimum atomic E-state index is -0.659. The maximum atomic E-state index is 12.0. The van der Waals surface area contributed by atoms with E-state index < -0.39 is 24.4 Å². The van der Waals surface area contributed by atoms with Crippen LogP contribution in [0, 0.1) is 6.92 Å². The van der Waals surface area contributed by atoms with Crippen LogP contribution in [0.25, 0.3) is 0 Å². The summed E-state index contributed by atoms with van der Waals surface area (Å²) in [5.74, 6) is -2.07. The van der Waals surface area contributed by atoms with E-state index in [1.165, 1.54) is 6.07 Å². The standard InChI is InChI=1S/C18H18N2O5S/c1-11-2-4-12(5-3-11)14(21)6-7-16(23)25-10-15(22)20-18-13(17(19)24)8-9-26-18/h2-5,8-9H,6-7,10H2,1H3,(H2,19,24)(H,20,22). The van der Waals surface area contributed by atoms with Crippen molar-refractivity contribution in [1.82, 2.24) is 0 Å². The number of carbonyl (C=O) groups excluding carboxylic acids is 4. The molecule has 3 N–H and O–H groups in total. The van der Waals surface area contributed by atoms with Crippen molar-refractivity contribution >= 4 is 39.9 Å². The summed E-state index contributed by atoms with van der Waals surface area (Å²) in [5, 5.41) is 4.37. The number of rotatable bonds is 8. The molecule has 0 aliphatic carbocycles. The number of hydrogen-bond acceptors (Lipinski definition) is 6. The summed E-state index contributed by atoms with van der Waals surface area (Å²) in [6.45, 7) is 1.41. The molecule has 0 bridgehead atoms. The molecule has 0 aliphatic heterocycles. The quantitative estimate of drug-likeness (QED) is 0.543. The molecule has 2 amide bonds. The topological polar surface area (TPSA) is 116 Å². The van der Waals surface area contributed by atoms with E-state index in [1.807, 2.05) is 19.1 Å². The highest BCUT2D eigenvalue weighted by molar-refractivity contribution is 7.14. The molecule has 0 fully saturated rings. The van der Waals surface area contributed by atoms with E-state index in [4.69, 9.17) is 10.5 Å². The average molecular weight is 374 g/mol. The molecule has 1 aromatic heterocycles. The fourth-order valence-corrected chi connectivity index (χ4v) is 2.89. The van der Waals surface area contributed by atoms with Crippen molar-refractivity contribution in [2.24, 2.45) is 5.73 Å². The Hall–Kier alpha value is -3.00. The van der Waals surface area contributed by atoms with Gasteiger partial charge < -0.3 is 15.8 Å². The molecule has 1 heterocycles. The first-order valence-electron chi connectivity index (χ1n) is 7.79. The summed E-state index contributed by atoms with van der Waals surface area (Å²) in [6.07, 6.45) is -0.119. The maximum Gasteiger partial charge on any atom is 0.306 e. The lowest BCUT2D eigenvalue weighted by molar-refractivity contribution is -0.147. The predicted molar refractivity (Wildman–Crippen MR) is 97.2 cm³/mol. The van der Waals surface area contributed by atoms with Crippen molar-refractivity contribution in [3.8, 4) is 0 Å². The number of ether oxygens (including phenoxy) is 1. The van der Waals surface area contributed by atoms with E-state index in [2.05, 4.69) is 5.32 Å². The number of thiophene rings is 1. The van der Waals surface area contributed by atoms with Crippen LogP contribution in [0.2, 0.25) is 0 Å². The summed E-state index contributed by atoms with van der Waals surface area (Å²) < 4.78 is 4.84. The van der Waals surface area contributed by atoms with Gasteiger partial charge in [0.05, 0.1) is 12.0 Å². The summed E-state index contributed by atoms with van der Waals surface area (Å²) in [7, 11) is 0. The first kappa shape index (κ1) is 19.3. The summed E-state index contributed by atoms with van der Waals surface area (Å²) in [4.78, 5) is 46.6. The third-order valence-corrected chi connectivity index (χ3v) is 4.31. The number of nitrogens with two attached hydrogens (primary N) is 1. The molecule has 0 unspecified atom stereocenters. The minimum absolute atomic E-state index is 0.000259. The molecule has 1 aromatic carbocycles. The summed E-state index contributed by atoms with van der Waals surface area (Å²) >= 11 is 1.14. The average Bonchev–Trinajstić information content (AvgIpc) is 3.06. The van der Waals surface area contributed by atoms with Crippen molar-refractivity contribution in [1.29, 1.82) is 0 Å². The molecule has 0 radical (unpaired) electrons. The Bertz CT molecular complexity index is 826. The van der Waals surface area contributed by atoms with Crippen LogP contribution in [0.4, 0.5) is 5.00 Å². The van der Waals surface area contributed by atoms with Crippen LogP contribution in [0.3, 0.4) is 0 Å². The fourth-order valence-electron chi connectivity index (χ4n) is 2.08. The number of aryl methyl sites for hydroxylation is 1. The van der Waals surface area contributed by atoms with Crippen LogP contribution < -0.4 is 11.1 Å². The van der Waals surface area contributed by atoms with Gasteiger partial charge in [-0.2, -0.15) is 0 Å². The SMILES string of the molecule is Cc1ccc(C(=O)CCC(=O)OCC(=O)Nc2sccc2C(N)=O)cc1. The van der Waals surface area contributed by atoms with Gasteiger partial charge in [-0.1, -0.05) is 29.8 Å². The van der Waals surface area contributed by atoms with Gasteiger partial charge in [0.25, 0.3) is 11.8 Å². The highest BCUT2D eigenvalue weighted by atomic mass is 32.1. The zero-order valence-electron chi connectivity index (χ0n) is 14.1. The molecule has 136 valence electrons. The number of ketones is 1. The molecule has 0 saturated carbocycles. The van der Waals surface area contributed by atoms with Gasteiger partial charge in [0.15, 0.2) is 12.4 Å². The molecule has 0 atom stereocenters. The molecule has 0 aliphatic rings. The van der Waals surface area contributed by atoms with E-state index >= 15 is 0 Å². The third-order valence-electron chi connectivity index (χ3n) is 3.48. The van der Waals surface area contributed by atoms with Crippen LogP contribution in [-0.4, -0.2) is 30.2 Å². The Morgan fingerprint density at radius 3 is 2.42 bits per heavy atom. The Kier molecular flexibility index (Phi) is 6.62. The first-order chi connectivity index (χ1) is 12.4. The lowest BCUT2D eigenvalue weighted by Gasteiger charge is -2.06. The van der Waals surface area contributed by atoms with Gasteiger partial charge >= 0.3 is 5.97 Å². The molecular weight excluding hydrogens is 356 g/mol. The molecular formula is C18H18N2O5S. The number of esters is 1. The third kappa shape index (κ3) is 5.52. The number of primary amides is 1. The van der Waals surface area contributed by atoms with Gasteiger partial charge in [0.2, 0.25) is 0 Å². The van der Waals surface area contributed by atoms with Crippen molar-refractivity contribution in [3.63, 3.8) is 0 Å². The number of benzene rings is 1. The predicted octanol–water partition coefficient (Wildman–Crippen LogP) is 2.30. The van der Waals surface area contributed by atoms with Gasteiger partial charge in [-0.05, 0) is 18.4 Å². The van der Waals surface area contributed by atoms with Gasteiger partial charge in [-0.15, -0.1) is 11.3 Å². The minimum Gasteiger partial charge on any atom is -0.456 e. The van der Waals surface area contributed by atoms with E-state index in [9.17, 15) is 19.2 Å². The Balaban J connectivity index is 1.75. The molecule has 0 saturated heterocycles. The highest BCUT2D eigenvalue weighted by Crippen LogP contribution is 2.22. The van der Waals surface area contributed by atoms with Crippen molar-refractivity contribution in [2.45, 2.75) is 19.8 Å². The molecule has 26 heavy (non-hydrogen) atoms. The molecule has 0 spiro atoms. The lowest BCUT2D eigenvalue weighted by Crippen LogP contribution is -2.22. The van der Waals surface area contributed by atoms with Crippen LogP contribution in [0.15, 0.2) is 35.7 Å². The number of nitrogens with one attached hydrogen (secondary N) is 1. The van der Waals surface area contributed by atoms with Gasteiger partial charge in [0.1, 0.15) is 5.00 Å². The monoisotopic (exact) mass is 374 g/mol. The van der Waals surface area contributed by atoms with E-state index in [1.54, 1.807) is 17.5 Å². The van der Waals surface area contributed by atoms with E-state index in [-0.39, 0.29) is 24.2 Å². The number of Topliss-reactive ketones (excluding diaryl/α,β-unsaturated/α-hetero) is 1. The Morgan fingerprint density at radius 1 is 1.08 bits per heavy atom. The van der Waals surface area contributed by atoms with Gasteiger partial charge in [-0.3, -0.25) is 19.2 Å². The van der Waals surface area contributed by atoms with Crippen LogP contribution >= 0.6 is 11.3 Å². The van der Waals surface area contributed by atoms with Crippen LogP contribution in [-0.2, 0) is 14.3 Å². The zero-order valence-corrected chi connectivity index (χ0v) is 14.9. The number of anilines is 1. The first-order valence-corrected chi connectivity index (χ1v) is 8.67. The van der Waals surface area contributed by atoms with Crippen LogP contribution in [0.5, 0.6) is 0 Å². The van der Waals surface area contributed by atoms with E-state index in [0.29, 0.717) is 10.6 Å². The molecule has 7 nitrogen and oxygen atoms in total.